The van der Waals surface area contributed by atoms with Crippen molar-refractivity contribution in [1.29, 1.82) is 0 Å². The number of benzene rings is 1. The first-order valence-electron chi connectivity index (χ1n) is 7.00. The average Bonchev–Trinajstić information content (AvgIpc) is 3.27. The first-order chi connectivity index (χ1) is 10.7. The molecule has 0 unspecified atom stereocenters. The van der Waals surface area contributed by atoms with Crippen LogP contribution in [-0.4, -0.2) is 10.9 Å². The van der Waals surface area contributed by atoms with Crippen molar-refractivity contribution in [1.82, 2.24) is 4.98 Å². The molecular formula is C16H12N2O3S. The highest BCUT2D eigenvalue weighted by Gasteiger charge is 2.26. The number of anilines is 1. The lowest BCUT2D eigenvalue weighted by molar-refractivity contribution is 0.102. The third-order valence-electron chi connectivity index (χ3n) is 3.62. The molecule has 0 radical (unpaired) electrons. The fourth-order valence-corrected chi connectivity index (χ4v) is 3.08. The van der Waals surface area contributed by atoms with Gasteiger partial charge in [-0.15, -0.1) is 11.3 Å². The number of nitrogens with one attached hydrogen (secondary N) is 1. The van der Waals surface area contributed by atoms with Crippen molar-refractivity contribution in [2.75, 3.05) is 5.32 Å². The number of carbonyl (C=O) groups excluding carboxylic acids is 1. The minimum absolute atomic E-state index is 0.0122. The van der Waals surface area contributed by atoms with Crippen molar-refractivity contribution in [3.05, 3.63) is 57.4 Å². The van der Waals surface area contributed by atoms with E-state index >= 15 is 0 Å². The fraction of sp³-hybridized carbons (Fsp3) is 0.188. The number of hydrogen-bond donors (Lipinski definition) is 1. The number of aromatic nitrogens is 1. The summed E-state index contributed by atoms with van der Waals surface area (Å²) >= 11 is 1.37. The Kier molecular flexibility index (Phi) is 3.04. The number of hydrogen-bond acceptors (Lipinski definition) is 5. The summed E-state index contributed by atoms with van der Waals surface area (Å²) in [4.78, 5) is 28.6. The van der Waals surface area contributed by atoms with Gasteiger partial charge in [0.15, 0.2) is 5.13 Å². The fourth-order valence-electron chi connectivity index (χ4n) is 2.29. The monoisotopic (exact) mass is 312 g/mol. The van der Waals surface area contributed by atoms with Crippen molar-refractivity contribution in [3.63, 3.8) is 0 Å². The molecule has 4 rings (SSSR count). The summed E-state index contributed by atoms with van der Waals surface area (Å²) in [6.45, 7) is 0. The van der Waals surface area contributed by atoms with Crippen molar-refractivity contribution < 1.29 is 9.21 Å². The third kappa shape index (κ3) is 2.42. The molecule has 5 nitrogen and oxygen atoms in total. The zero-order valence-corrected chi connectivity index (χ0v) is 12.4. The van der Waals surface area contributed by atoms with E-state index in [1.165, 1.54) is 11.3 Å². The van der Waals surface area contributed by atoms with E-state index < -0.39 is 11.5 Å². The number of nitrogens with zero attached hydrogens (tertiary/aromatic N) is 1. The molecule has 1 aliphatic rings. The summed E-state index contributed by atoms with van der Waals surface area (Å²) in [6.07, 6.45) is 2.32. The number of fused-ring (bicyclic) bond motifs is 1. The first-order valence-corrected chi connectivity index (χ1v) is 7.88. The van der Waals surface area contributed by atoms with Crippen LogP contribution < -0.4 is 10.9 Å². The van der Waals surface area contributed by atoms with Crippen molar-refractivity contribution in [2.24, 2.45) is 0 Å². The van der Waals surface area contributed by atoms with E-state index in [1.807, 2.05) is 11.4 Å². The lowest BCUT2D eigenvalue weighted by atomic mass is 10.2. The van der Waals surface area contributed by atoms with Crippen LogP contribution in [0.1, 0.15) is 34.8 Å². The molecule has 0 atom stereocenters. The van der Waals surface area contributed by atoms with Gasteiger partial charge in [0.05, 0.1) is 5.69 Å². The Morgan fingerprint density at radius 3 is 2.95 bits per heavy atom. The summed E-state index contributed by atoms with van der Waals surface area (Å²) in [5.74, 6) is 0.0452. The maximum Gasteiger partial charge on any atom is 0.349 e. The second-order valence-electron chi connectivity index (χ2n) is 5.29. The van der Waals surface area contributed by atoms with E-state index in [-0.39, 0.29) is 5.56 Å². The second-order valence-corrected chi connectivity index (χ2v) is 6.15. The van der Waals surface area contributed by atoms with Gasteiger partial charge in [-0.2, -0.15) is 0 Å². The zero-order valence-electron chi connectivity index (χ0n) is 11.5. The predicted octanol–water partition coefficient (Wildman–Crippen LogP) is 3.38. The lowest BCUT2D eigenvalue weighted by Gasteiger charge is -2.02. The molecule has 22 heavy (non-hydrogen) atoms. The SMILES string of the molecule is O=C(Nc1nc(C2CC2)cs1)c1cc2ccccc2oc1=O. The molecule has 0 bridgehead atoms. The Labute approximate surface area is 129 Å². The Bertz CT molecular complexity index is 924. The molecule has 3 aromatic rings. The van der Waals surface area contributed by atoms with E-state index in [4.69, 9.17) is 4.42 Å². The quantitative estimate of drug-likeness (QED) is 0.753. The van der Waals surface area contributed by atoms with Crippen LogP contribution in [0, 0.1) is 0 Å². The molecule has 1 saturated carbocycles. The Hall–Kier alpha value is -2.47. The van der Waals surface area contributed by atoms with E-state index in [2.05, 4.69) is 10.3 Å². The van der Waals surface area contributed by atoms with Crippen LogP contribution in [0.5, 0.6) is 0 Å². The molecule has 6 heteroatoms. The Morgan fingerprint density at radius 1 is 1.32 bits per heavy atom. The molecule has 0 saturated heterocycles. The largest absolute Gasteiger partial charge is 0.422 e. The maximum absolute atomic E-state index is 12.3. The number of amides is 1. The Balaban J connectivity index is 1.63. The highest BCUT2D eigenvalue weighted by molar-refractivity contribution is 7.14. The van der Waals surface area contributed by atoms with Gasteiger partial charge in [0.2, 0.25) is 0 Å². The van der Waals surface area contributed by atoms with Crippen molar-refractivity contribution >= 4 is 33.3 Å². The summed E-state index contributed by atoms with van der Waals surface area (Å²) in [5, 5.41) is 5.86. The van der Waals surface area contributed by atoms with Gasteiger partial charge in [-0.05, 0) is 25.0 Å². The molecular weight excluding hydrogens is 300 g/mol. The van der Waals surface area contributed by atoms with Gasteiger partial charge < -0.3 is 4.42 Å². The number of thiazole rings is 1. The molecule has 1 fully saturated rings. The molecule has 1 aromatic carbocycles. The van der Waals surface area contributed by atoms with Crippen LogP contribution in [0.2, 0.25) is 0 Å². The first kappa shape index (κ1) is 13.2. The minimum Gasteiger partial charge on any atom is -0.422 e. The third-order valence-corrected chi connectivity index (χ3v) is 4.40. The molecule has 2 aromatic heterocycles. The topological polar surface area (TPSA) is 72.2 Å². The maximum atomic E-state index is 12.3. The molecule has 1 amide bonds. The van der Waals surface area contributed by atoms with Crippen LogP contribution in [0.4, 0.5) is 5.13 Å². The highest BCUT2D eigenvalue weighted by Crippen LogP contribution is 2.40. The van der Waals surface area contributed by atoms with Gasteiger partial charge in [-0.1, -0.05) is 18.2 Å². The van der Waals surface area contributed by atoms with Gasteiger partial charge in [0, 0.05) is 16.7 Å². The highest BCUT2D eigenvalue weighted by atomic mass is 32.1. The van der Waals surface area contributed by atoms with Crippen molar-refractivity contribution in [3.8, 4) is 0 Å². The summed E-state index contributed by atoms with van der Waals surface area (Å²) < 4.78 is 5.17. The normalized spacial score (nSPS) is 14.2. The summed E-state index contributed by atoms with van der Waals surface area (Å²) in [6, 6.07) is 8.64. The van der Waals surface area contributed by atoms with Crippen LogP contribution in [-0.2, 0) is 0 Å². The molecule has 0 spiro atoms. The van der Waals surface area contributed by atoms with Crippen LogP contribution in [0.3, 0.4) is 0 Å². The van der Waals surface area contributed by atoms with Gasteiger partial charge in [-0.25, -0.2) is 9.78 Å². The average molecular weight is 312 g/mol. The van der Waals surface area contributed by atoms with Crippen LogP contribution in [0.25, 0.3) is 11.0 Å². The van der Waals surface area contributed by atoms with Crippen LogP contribution >= 0.6 is 11.3 Å². The number of para-hydroxylation sites is 1. The molecule has 1 N–H and O–H groups in total. The zero-order chi connectivity index (χ0) is 15.1. The van der Waals surface area contributed by atoms with Gasteiger partial charge >= 0.3 is 5.63 Å². The minimum atomic E-state index is -0.643. The summed E-state index contributed by atoms with van der Waals surface area (Å²) in [7, 11) is 0. The molecule has 1 aliphatic carbocycles. The predicted molar refractivity (Wildman–Crippen MR) is 84.5 cm³/mol. The number of carbonyl (C=O) groups is 1. The van der Waals surface area contributed by atoms with E-state index in [0.29, 0.717) is 22.0 Å². The van der Waals surface area contributed by atoms with E-state index in [1.54, 1.807) is 24.3 Å². The Morgan fingerprint density at radius 2 is 2.14 bits per heavy atom. The van der Waals surface area contributed by atoms with Gasteiger partial charge in [0.1, 0.15) is 11.1 Å². The van der Waals surface area contributed by atoms with E-state index in [9.17, 15) is 9.59 Å². The lowest BCUT2D eigenvalue weighted by Crippen LogP contribution is -2.20. The standard InChI is InChI=1S/C16H12N2O3S/c19-14(18-16-17-12(8-22-16)9-5-6-9)11-7-10-3-1-2-4-13(10)21-15(11)20/h1-4,7-9H,5-6H2,(H,17,18,19). The van der Waals surface area contributed by atoms with Crippen molar-refractivity contribution in [2.45, 2.75) is 18.8 Å². The van der Waals surface area contributed by atoms with E-state index in [0.717, 1.165) is 18.5 Å². The smallest absolute Gasteiger partial charge is 0.349 e. The van der Waals surface area contributed by atoms with Gasteiger partial charge in [0.25, 0.3) is 5.91 Å². The summed E-state index contributed by atoms with van der Waals surface area (Å²) in [5.41, 5.74) is 0.831. The van der Waals surface area contributed by atoms with Crippen LogP contribution in [0.15, 0.2) is 44.9 Å². The second kappa shape index (κ2) is 5.06. The molecule has 110 valence electrons. The number of rotatable bonds is 3. The molecule has 2 heterocycles. The van der Waals surface area contributed by atoms with Gasteiger partial charge in [-0.3, -0.25) is 10.1 Å². The molecule has 0 aliphatic heterocycles.